The van der Waals surface area contributed by atoms with Crippen LogP contribution in [0.3, 0.4) is 0 Å². The van der Waals surface area contributed by atoms with Gasteiger partial charge in [0.2, 0.25) is 15.9 Å². The number of aliphatic hydroxyl groups is 1. The molecule has 114 valence electrons. The summed E-state index contributed by atoms with van der Waals surface area (Å²) in [5.74, 6) is 4.39. The predicted octanol–water partition coefficient (Wildman–Crippen LogP) is -0.180. The molecule has 0 spiro atoms. The van der Waals surface area contributed by atoms with Crippen LogP contribution in [0.2, 0.25) is 0 Å². The molecular formula is C14H18N2O4S. The van der Waals surface area contributed by atoms with E-state index in [-0.39, 0.29) is 23.6 Å². The first-order chi connectivity index (χ1) is 9.70. The number of rotatable bonds is 5. The molecule has 0 saturated carbocycles. The van der Waals surface area contributed by atoms with Crippen molar-refractivity contribution in [1.29, 1.82) is 0 Å². The molecule has 0 aliphatic rings. The van der Waals surface area contributed by atoms with Gasteiger partial charge in [0, 0.05) is 12.1 Å². The minimum Gasteiger partial charge on any atom is -0.384 e. The number of hydrogen-bond donors (Lipinski definition) is 3. The zero-order valence-corrected chi connectivity index (χ0v) is 12.7. The molecule has 1 amide bonds. The molecule has 6 nitrogen and oxygen atoms in total. The monoisotopic (exact) mass is 310 g/mol. The average Bonchev–Trinajstić information content (AvgIpc) is 2.43. The molecule has 0 radical (unpaired) electrons. The van der Waals surface area contributed by atoms with E-state index >= 15 is 0 Å². The molecule has 1 aromatic rings. The molecule has 0 aliphatic carbocycles. The lowest BCUT2D eigenvalue weighted by atomic mass is 9.93. The number of benzene rings is 1. The van der Waals surface area contributed by atoms with Crippen LogP contribution in [-0.2, 0) is 14.8 Å². The molecule has 4 N–H and O–H groups in total. The Morgan fingerprint density at radius 2 is 2.00 bits per heavy atom. The molecule has 0 unspecified atom stereocenters. The number of nitrogens with two attached hydrogens (primary N) is 1. The standard InChI is InChI=1S/C14H18N2O4S/c1-14(2,13(15)18)10-16-21(19,20)12-8-4-3-6-11(12)7-5-9-17/h3-4,6,8,16-17H,9-10H2,1-2H3,(H2,15,18). The van der Waals surface area contributed by atoms with Crippen LogP contribution < -0.4 is 10.5 Å². The van der Waals surface area contributed by atoms with E-state index in [0.29, 0.717) is 0 Å². The summed E-state index contributed by atoms with van der Waals surface area (Å²) < 4.78 is 26.9. The summed E-state index contributed by atoms with van der Waals surface area (Å²) in [6, 6.07) is 6.16. The summed E-state index contributed by atoms with van der Waals surface area (Å²) in [7, 11) is -3.83. The molecule has 0 fully saturated rings. The van der Waals surface area contributed by atoms with Crippen molar-refractivity contribution in [3.05, 3.63) is 29.8 Å². The maximum Gasteiger partial charge on any atom is 0.241 e. The zero-order chi connectivity index (χ0) is 16.1. The van der Waals surface area contributed by atoms with Crippen LogP contribution in [0.25, 0.3) is 0 Å². The minimum atomic E-state index is -3.83. The zero-order valence-electron chi connectivity index (χ0n) is 11.9. The maximum atomic E-state index is 12.3. The minimum absolute atomic E-state index is 0.00813. The Morgan fingerprint density at radius 1 is 1.38 bits per heavy atom. The third-order valence-electron chi connectivity index (χ3n) is 2.85. The van der Waals surface area contributed by atoms with E-state index < -0.39 is 21.3 Å². The van der Waals surface area contributed by atoms with Gasteiger partial charge in [-0.1, -0.05) is 24.0 Å². The summed E-state index contributed by atoms with van der Waals surface area (Å²) in [6.07, 6.45) is 0. The van der Waals surface area contributed by atoms with E-state index in [1.165, 1.54) is 12.1 Å². The van der Waals surface area contributed by atoms with Gasteiger partial charge in [0.1, 0.15) is 6.61 Å². The third-order valence-corrected chi connectivity index (χ3v) is 4.31. The molecule has 0 aromatic heterocycles. The van der Waals surface area contributed by atoms with Gasteiger partial charge in [0.25, 0.3) is 0 Å². The summed E-state index contributed by atoms with van der Waals surface area (Å²) in [6.45, 7) is 2.62. The molecule has 0 atom stereocenters. The number of hydrogen-bond acceptors (Lipinski definition) is 4. The quantitative estimate of drug-likeness (QED) is 0.655. The van der Waals surface area contributed by atoms with Crippen molar-refractivity contribution >= 4 is 15.9 Å². The lowest BCUT2D eigenvalue weighted by Crippen LogP contribution is -2.42. The van der Waals surface area contributed by atoms with Crippen LogP contribution in [0.15, 0.2) is 29.2 Å². The van der Waals surface area contributed by atoms with Gasteiger partial charge in [-0.3, -0.25) is 4.79 Å². The predicted molar refractivity (Wildman–Crippen MR) is 78.6 cm³/mol. The van der Waals surface area contributed by atoms with Crippen LogP contribution >= 0.6 is 0 Å². The van der Waals surface area contributed by atoms with Crippen LogP contribution in [0.4, 0.5) is 0 Å². The van der Waals surface area contributed by atoms with Gasteiger partial charge in [0.15, 0.2) is 0 Å². The first kappa shape index (κ1) is 17.2. The topological polar surface area (TPSA) is 109 Å². The van der Waals surface area contributed by atoms with Crippen molar-refractivity contribution in [2.75, 3.05) is 13.2 Å². The van der Waals surface area contributed by atoms with E-state index in [1.807, 2.05) is 0 Å². The van der Waals surface area contributed by atoms with E-state index in [9.17, 15) is 13.2 Å². The fourth-order valence-corrected chi connectivity index (χ4v) is 2.75. The molecule has 0 heterocycles. The Hall–Kier alpha value is -1.88. The number of carbonyl (C=O) groups excluding carboxylic acids is 1. The fraction of sp³-hybridized carbons (Fsp3) is 0.357. The van der Waals surface area contributed by atoms with Gasteiger partial charge in [-0.25, -0.2) is 13.1 Å². The molecule has 7 heteroatoms. The molecule has 1 rings (SSSR count). The van der Waals surface area contributed by atoms with E-state index in [2.05, 4.69) is 16.6 Å². The van der Waals surface area contributed by atoms with Gasteiger partial charge >= 0.3 is 0 Å². The highest BCUT2D eigenvalue weighted by Crippen LogP contribution is 2.17. The highest BCUT2D eigenvalue weighted by atomic mass is 32.2. The number of amides is 1. The number of carbonyl (C=O) groups is 1. The van der Waals surface area contributed by atoms with Crippen molar-refractivity contribution < 1.29 is 18.3 Å². The summed E-state index contributed by atoms with van der Waals surface area (Å²) in [4.78, 5) is 11.2. The first-order valence-corrected chi connectivity index (χ1v) is 7.67. The van der Waals surface area contributed by atoms with Crippen LogP contribution in [0, 0.1) is 17.3 Å². The normalized spacial score (nSPS) is 11.6. The lowest BCUT2D eigenvalue weighted by Gasteiger charge is -2.20. The van der Waals surface area contributed by atoms with Crippen LogP contribution in [-0.4, -0.2) is 32.6 Å². The second-order valence-corrected chi connectivity index (χ2v) is 6.76. The van der Waals surface area contributed by atoms with Gasteiger partial charge in [-0.05, 0) is 26.0 Å². The highest BCUT2D eigenvalue weighted by Gasteiger charge is 2.28. The Kier molecular flexibility index (Phi) is 5.49. The Morgan fingerprint density at radius 3 is 2.57 bits per heavy atom. The van der Waals surface area contributed by atoms with Crippen molar-refractivity contribution in [2.45, 2.75) is 18.7 Å². The Bertz CT molecular complexity index is 684. The van der Waals surface area contributed by atoms with Gasteiger partial charge < -0.3 is 10.8 Å². The van der Waals surface area contributed by atoms with Gasteiger partial charge in [0.05, 0.1) is 10.3 Å². The van der Waals surface area contributed by atoms with E-state index in [1.54, 1.807) is 26.0 Å². The summed E-state index contributed by atoms with van der Waals surface area (Å²) >= 11 is 0. The van der Waals surface area contributed by atoms with Crippen molar-refractivity contribution in [3.8, 4) is 11.8 Å². The van der Waals surface area contributed by atoms with Gasteiger partial charge in [-0.2, -0.15) is 0 Å². The van der Waals surface area contributed by atoms with Gasteiger partial charge in [-0.15, -0.1) is 0 Å². The fourth-order valence-electron chi connectivity index (χ4n) is 1.38. The number of aliphatic hydroxyl groups excluding tert-OH is 1. The van der Waals surface area contributed by atoms with Crippen molar-refractivity contribution in [3.63, 3.8) is 0 Å². The maximum absolute atomic E-state index is 12.3. The largest absolute Gasteiger partial charge is 0.384 e. The smallest absolute Gasteiger partial charge is 0.241 e. The van der Waals surface area contributed by atoms with Crippen LogP contribution in [0.5, 0.6) is 0 Å². The summed E-state index contributed by atoms with van der Waals surface area (Å²) in [5.41, 5.74) is 4.48. The first-order valence-electron chi connectivity index (χ1n) is 6.19. The van der Waals surface area contributed by atoms with E-state index in [0.717, 1.165) is 0 Å². The second-order valence-electron chi connectivity index (χ2n) is 5.03. The van der Waals surface area contributed by atoms with Crippen LogP contribution in [0.1, 0.15) is 19.4 Å². The number of primary amides is 1. The SMILES string of the molecule is CC(C)(CNS(=O)(=O)c1ccccc1C#CCO)C(N)=O. The van der Waals surface area contributed by atoms with Crippen molar-refractivity contribution in [1.82, 2.24) is 4.72 Å². The number of nitrogens with one attached hydrogen (secondary N) is 1. The lowest BCUT2D eigenvalue weighted by molar-refractivity contribution is -0.125. The molecule has 0 aliphatic heterocycles. The molecule has 0 saturated heterocycles. The molecular weight excluding hydrogens is 292 g/mol. The third kappa shape index (κ3) is 4.56. The van der Waals surface area contributed by atoms with E-state index in [4.69, 9.17) is 10.8 Å². The van der Waals surface area contributed by atoms with Crippen molar-refractivity contribution in [2.24, 2.45) is 11.1 Å². The second kappa shape index (κ2) is 6.72. The summed E-state index contributed by atoms with van der Waals surface area (Å²) in [5, 5.41) is 8.70. The molecule has 21 heavy (non-hydrogen) atoms. The molecule has 0 bridgehead atoms. The average molecular weight is 310 g/mol. The molecule has 1 aromatic carbocycles. The Labute approximate surface area is 124 Å². The Balaban J connectivity index is 3.07. The number of sulfonamides is 1. The highest BCUT2D eigenvalue weighted by molar-refractivity contribution is 7.89.